The molecule has 4 aromatic heterocycles. The summed E-state index contributed by atoms with van der Waals surface area (Å²) in [4.78, 5) is 27.2. The van der Waals surface area contributed by atoms with Crippen molar-refractivity contribution in [3.05, 3.63) is 78.6 Å². The van der Waals surface area contributed by atoms with Gasteiger partial charge in [-0.05, 0) is 84.9 Å². The Labute approximate surface area is 229 Å². The molecule has 198 valence electrons. The Morgan fingerprint density at radius 3 is 2.13 bits per heavy atom. The minimum atomic E-state index is 0.267. The van der Waals surface area contributed by atoms with Crippen molar-refractivity contribution < 1.29 is 0 Å². The van der Waals surface area contributed by atoms with Gasteiger partial charge in [-0.3, -0.25) is 0 Å². The third-order valence-corrected chi connectivity index (χ3v) is 8.05. The molecule has 0 aliphatic heterocycles. The number of pyridine rings is 2. The topological polar surface area (TPSA) is 115 Å². The van der Waals surface area contributed by atoms with Gasteiger partial charge < -0.3 is 11.1 Å². The summed E-state index contributed by atoms with van der Waals surface area (Å²) >= 11 is 0. The summed E-state index contributed by atoms with van der Waals surface area (Å²) in [6, 6.07) is 8.23. The lowest BCUT2D eigenvalue weighted by Gasteiger charge is -2.28. The van der Waals surface area contributed by atoms with E-state index in [4.69, 9.17) is 10.7 Å². The fourth-order valence-electron chi connectivity index (χ4n) is 5.71. The molecule has 4 heterocycles. The molecule has 1 fully saturated rings. The highest BCUT2D eigenvalue weighted by atomic mass is 15.0. The maximum atomic E-state index is 6.15. The van der Waals surface area contributed by atoms with Gasteiger partial charge in [-0.15, -0.1) is 0 Å². The maximum Gasteiger partial charge on any atom is 0.162 e. The number of anilines is 2. The molecule has 2 aliphatic carbocycles. The summed E-state index contributed by atoms with van der Waals surface area (Å²) in [5, 5.41) is 3.71. The van der Waals surface area contributed by atoms with E-state index in [9.17, 15) is 0 Å². The molecule has 1 atom stereocenters. The monoisotopic (exact) mass is 518 g/mol. The predicted octanol–water partition coefficient (Wildman–Crippen LogP) is 6.31. The Kier molecular flexibility index (Phi) is 7.25. The van der Waals surface area contributed by atoms with Crippen molar-refractivity contribution in [2.75, 3.05) is 11.1 Å². The minimum Gasteiger partial charge on any atom is -0.383 e. The Morgan fingerprint density at radius 2 is 1.46 bits per heavy atom. The van der Waals surface area contributed by atoms with Gasteiger partial charge in [-0.1, -0.05) is 25.8 Å². The number of hydrogen-bond donors (Lipinski definition) is 2. The third kappa shape index (κ3) is 5.65. The van der Waals surface area contributed by atoms with E-state index in [1.165, 1.54) is 36.8 Å². The van der Waals surface area contributed by atoms with Crippen molar-refractivity contribution in [3.8, 4) is 22.8 Å². The smallest absolute Gasteiger partial charge is 0.162 e. The average Bonchev–Trinajstić information content (AvgIpc) is 2.99. The van der Waals surface area contributed by atoms with E-state index in [-0.39, 0.29) is 6.04 Å². The van der Waals surface area contributed by atoms with E-state index in [0.717, 1.165) is 47.7 Å². The zero-order valence-electron chi connectivity index (χ0n) is 22.3. The number of rotatable bonds is 6. The number of nitrogens with zero attached hydrogens (tertiary/aromatic N) is 6. The molecule has 0 saturated heterocycles. The normalized spacial score (nSPS) is 21.3. The van der Waals surface area contributed by atoms with Crippen LogP contribution in [-0.2, 0) is 0 Å². The molecule has 8 nitrogen and oxygen atoms in total. The Bertz CT molecular complexity index is 1450. The molecule has 1 unspecified atom stereocenters. The van der Waals surface area contributed by atoms with E-state index in [2.05, 4.69) is 55.5 Å². The highest BCUT2D eigenvalue weighted by Crippen LogP contribution is 2.38. The molecule has 0 aromatic carbocycles. The van der Waals surface area contributed by atoms with Gasteiger partial charge in [0.1, 0.15) is 11.6 Å². The van der Waals surface area contributed by atoms with Gasteiger partial charge in [0, 0.05) is 43.2 Å². The second-order valence-corrected chi connectivity index (χ2v) is 10.8. The Morgan fingerprint density at radius 1 is 0.769 bits per heavy atom. The molecule has 0 spiro atoms. The first-order chi connectivity index (χ1) is 19.1. The van der Waals surface area contributed by atoms with Crippen LogP contribution in [0.15, 0.2) is 67.5 Å². The van der Waals surface area contributed by atoms with Crippen molar-refractivity contribution >= 4 is 17.2 Å². The number of hydrogen-bond acceptors (Lipinski definition) is 8. The van der Waals surface area contributed by atoms with Crippen LogP contribution in [0.1, 0.15) is 68.9 Å². The van der Waals surface area contributed by atoms with Crippen molar-refractivity contribution in [1.29, 1.82) is 0 Å². The van der Waals surface area contributed by atoms with Crippen LogP contribution in [0.4, 0.5) is 11.6 Å². The molecule has 0 amide bonds. The zero-order chi connectivity index (χ0) is 26.6. The fourth-order valence-corrected chi connectivity index (χ4v) is 5.71. The molecule has 6 rings (SSSR count). The first-order valence-electron chi connectivity index (χ1n) is 13.9. The standard InChI is InChI=1S/C31H34N8/c1-20-4-6-21(7-5-20)24-17-27(30-35-14-3-15-36-30)31(38-19-24)39-25-10-8-22(9-11-25)23-16-26(28(32)37-18-23)29-33-12-2-13-34-29/h2-3,8,12-21,25H,4-7,9-11H2,1H3,(H2,32,37)(H,38,39). The summed E-state index contributed by atoms with van der Waals surface area (Å²) in [5.41, 5.74) is 11.5. The van der Waals surface area contributed by atoms with Gasteiger partial charge in [0.25, 0.3) is 0 Å². The van der Waals surface area contributed by atoms with Gasteiger partial charge in [0.05, 0.1) is 11.1 Å². The molecule has 1 saturated carbocycles. The van der Waals surface area contributed by atoms with E-state index < -0.39 is 0 Å². The molecule has 0 radical (unpaired) electrons. The fraction of sp³-hybridized carbons (Fsp3) is 0.355. The average molecular weight is 519 g/mol. The summed E-state index contributed by atoms with van der Waals surface area (Å²) < 4.78 is 0. The Hall–Kier alpha value is -4.20. The van der Waals surface area contributed by atoms with Crippen molar-refractivity contribution in [3.63, 3.8) is 0 Å². The van der Waals surface area contributed by atoms with Crippen molar-refractivity contribution in [1.82, 2.24) is 29.9 Å². The van der Waals surface area contributed by atoms with Gasteiger partial charge in [0.2, 0.25) is 0 Å². The second-order valence-electron chi connectivity index (χ2n) is 10.8. The minimum absolute atomic E-state index is 0.267. The maximum absolute atomic E-state index is 6.15. The van der Waals surface area contributed by atoms with Crippen molar-refractivity contribution in [2.45, 2.75) is 63.8 Å². The third-order valence-electron chi connectivity index (χ3n) is 8.05. The quantitative estimate of drug-likeness (QED) is 0.305. The van der Waals surface area contributed by atoms with E-state index in [1.54, 1.807) is 30.9 Å². The summed E-state index contributed by atoms with van der Waals surface area (Å²) in [7, 11) is 0. The number of aromatic nitrogens is 6. The van der Waals surface area contributed by atoms with Crippen LogP contribution in [-0.4, -0.2) is 35.9 Å². The molecule has 0 bridgehead atoms. The Balaban J connectivity index is 1.21. The predicted molar refractivity (Wildman–Crippen MR) is 155 cm³/mol. The van der Waals surface area contributed by atoms with Gasteiger partial charge in [-0.2, -0.15) is 0 Å². The van der Waals surface area contributed by atoms with Crippen LogP contribution in [0.2, 0.25) is 0 Å². The number of nitrogen functional groups attached to an aromatic ring is 1. The molecule has 8 heteroatoms. The van der Waals surface area contributed by atoms with Crippen LogP contribution in [0.5, 0.6) is 0 Å². The van der Waals surface area contributed by atoms with Crippen LogP contribution in [0.3, 0.4) is 0 Å². The van der Waals surface area contributed by atoms with Gasteiger partial charge in [-0.25, -0.2) is 29.9 Å². The first kappa shape index (κ1) is 25.1. The van der Waals surface area contributed by atoms with Gasteiger partial charge in [0.15, 0.2) is 11.6 Å². The first-order valence-corrected chi connectivity index (χ1v) is 13.9. The largest absolute Gasteiger partial charge is 0.383 e. The molecule has 3 N–H and O–H groups in total. The molecule has 2 aliphatic rings. The SMILES string of the molecule is CC1CCC(c2cnc(NC3CC=C(c4cnc(N)c(-c5ncccn5)c4)CC3)c(-c3ncccn3)c2)CC1. The number of allylic oxidation sites excluding steroid dienone is 1. The zero-order valence-corrected chi connectivity index (χ0v) is 22.3. The van der Waals surface area contributed by atoms with Crippen LogP contribution >= 0.6 is 0 Å². The number of nitrogens with two attached hydrogens (primary N) is 1. The highest BCUT2D eigenvalue weighted by Gasteiger charge is 2.23. The second kappa shape index (κ2) is 11.3. The van der Waals surface area contributed by atoms with Gasteiger partial charge >= 0.3 is 0 Å². The summed E-state index contributed by atoms with van der Waals surface area (Å²) in [6.45, 7) is 2.36. The highest BCUT2D eigenvalue weighted by molar-refractivity contribution is 5.76. The summed E-state index contributed by atoms with van der Waals surface area (Å²) in [6.07, 6.45) is 21.0. The summed E-state index contributed by atoms with van der Waals surface area (Å²) in [5.74, 6) is 3.98. The molecular formula is C31H34N8. The van der Waals surface area contributed by atoms with Crippen LogP contribution in [0.25, 0.3) is 28.3 Å². The van der Waals surface area contributed by atoms with E-state index in [0.29, 0.717) is 23.4 Å². The van der Waals surface area contributed by atoms with E-state index in [1.807, 2.05) is 18.3 Å². The molecular weight excluding hydrogens is 484 g/mol. The van der Waals surface area contributed by atoms with Crippen LogP contribution < -0.4 is 11.1 Å². The lowest BCUT2D eigenvalue weighted by molar-refractivity contribution is 0.347. The van der Waals surface area contributed by atoms with Crippen LogP contribution in [0, 0.1) is 5.92 Å². The van der Waals surface area contributed by atoms with E-state index >= 15 is 0 Å². The molecule has 39 heavy (non-hydrogen) atoms. The number of nitrogens with one attached hydrogen (secondary N) is 1. The lowest BCUT2D eigenvalue weighted by atomic mass is 9.79. The lowest BCUT2D eigenvalue weighted by Crippen LogP contribution is -2.23. The van der Waals surface area contributed by atoms with Crippen molar-refractivity contribution in [2.24, 2.45) is 5.92 Å². The molecule has 4 aromatic rings.